The topological polar surface area (TPSA) is 56.5 Å². The van der Waals surface area contributed by atoms with Gasteiger partial charge in [-0.2, -0.15) is 0 Å². The minimum absolute atomic E-state index is 0.648. The van der Waals surface area contributed by atoms with Crippen molar-refractivity contribution in [3.63, 3.8) is 0 Å². The molecular weight excluding hydrogens is 386 g/mol. The summed E-state index contributed by atoms with van der Waals surface area (Å²) in [7, 11) is 0. The lowest BCUT2D eigenvalue weighted by molar-refractivity contribution is 0.699. The van der Waals surface area contributed by atoms with Crippen LogP contribution in [0.25, 0.3) is 21.6 Å². The molecule has 1 aliphatic rings. The van der Waals surface area contributed by atoms with Gasteiger partial charge in [0.25, 0.3) is 0 Å². The van der Waals surface area contributed by atoms with Crippen LogP contribution in [0.5, 0.6) is 0 Å². The minimum Gasteiger partial charge on any atom is -0.298 e. The van der Waals surface area contributed by atoms with Gasteiger partial charge in [-0.05, 0) is 43.0 Å². The van der Waals surface area contributed by atoms with Crippen LogP contribution in [0.15, 0.2) is 59.5 Å². The van der Waals surface area contributed by atoms with Gasteiger partial charge in [0.05, 0.1) is 0 Å². The van der Waals surface area contributed by atoms with E-state index in [1.807, 2.05) is 35.6 Å². The van der Waals surface area contributed by atoms with E-state index < -0.39 is 0 Å². The number of nitrogens with zero attached hydrogens (tertiary/aromatic N) is 5. The van der Waals surface area contributed by atoms with E-state index in [4.69, 9.17) is 0 Å². The molecule has 5 rings (SSSR count). The molecule has 140 valence electrons. The summed E-state index contributed by atoms with van der Waals surface area (Å²) in [5, 5.41) is 12.0. The SMILES string of the molecule is C=CCn1c(Sc2ncnc3sc4c(c23)CCCC4)nnc1-c1ccccc1. The Morgan fingerprint density at radius 1 is 1.11 bits per heavy atom. The smallest absolute Gasteiger partial charge is 0.198 e. The second-order valence-electron chi connectivity index (χ2n) is 6.74. The lowest BCUT2D eigenvalue weighted by atomic mass is 9.97. The van der Waals surface area contributed by atoms with E-state index in [0.29, 0.717) is 6.54 Å². The summed E-state index contributed by atoms with van der Waals surface area (Å²) in [6.07, 6.45) is 8.32. The number of thiophene rings is 1. The first-order valence-corrected chi connectivity index (χ1v) is 11.0. The van der Waals surface area contributed by atoms with Crippen molar-refractivity contribution in [1.82, 2.24) is 24.7 Å². The number of hydrogen-bond acceptors (Lipinski definition) is 6. The summed E-state index contributed by atoms with van der Waals surface area (Å²) in [6.45, 7) is 4.56. The monoisotopic (exact) mass is 405 g/mol. The van der Waals surface area contributed by atoms with Crippen molar-refractivity contribution < 1.29 is 0 Å². The molecule has 0 saturated carbocycles. The van der Waals surface area contributed by atoms with Crippen molar-refractivity contribution in [2.75, 3.05) is 0 Å². The summed E-state index contributed by atoms with van der Waals surface area (Å²) < 4.78 is 2.10. The second-order valence-corrected chi connectivity index (χ2v) is 8.78. The summed E-state index contributed by atoms with van der Waals surface area (Å²) in [5.74, 6) is 0.848. The molecule has 0 saturated heterocycles. The van der Waals surface area contributed by atoms with E-state index in [1.165, 1.54) is 28.7 Å². The Kier molecular flexibility index (Phi) is 4.70. The first-order chi connectivity index (χ1) is 13.8. The molecule has 0 bridgehead atoms. The fraction of sp³-hybridized carbons (Fsp3) is 0.238. The van der Waals surface area contributed by atoms with Crippen LogP contribution in [-0.4, -0.2) is 24.7 Å². The molecule has 0 atom stereocenters. The standard InChI is InChI=1S/C21H19N5S2/c1-2-12-26-18(14-8-4-3-5-9-14)24-25-21(26)28-20-17-15-10-6-7-11-16(15)27-19(17)22-13-23-20/h2-5,8-9,13H,1,6-7,10-12H2. The largest absolute Gasteiger partial charge is 0.298 e. The maximum absolute atomic E-state index is 4.62. The number of aryl methyl sites for hydroxylation is 2. The molecule has 4 aromatic rings. The minimum atomic E-state index is 0.648. The molecular formula is C21H19N5S2. The summed E-state index contributed by atoms with van der Waals surface area (Å²) in [5.41, 5.74) is 2.48. The maximum atomic E-state index is 4.62. The Bertz CT molecular complexity index is 1150. The lowest BCUT2D eigenvalue weighted by Crippen LogP contribution is -2.01. The molecule has 3 heterocycles. The van der Waals surface area contributed by atoms with Crippen LogP contribution in [0.1, 0.15) is 23.3 Å². The number of rotatable bonds is 5. The van der Waals surface area contributed by atoms with Gasteiger partial charge in [-0.3, -0.25) is 4.57 Å². The van der Waals surface area contributed by atoms with Gasteiger partial charge in [-0.1, -0.05) is 36.4 Å². The van der Waals surface area contributed by atoms with Crippen LogP contribution in [0.3, 0.4) is 0 Å². The Balaban J connectivity index is 1.59. The molecule has 5 nitrogen and oxygen atoms in total. The number of benzene rings is 1. The van der Waals surface area contributed by atoms with Crippen molar-refractivity contribution in [3.05, 3.63) is 59.8 Å². The molecule has 7 heteroatoms. The average molecular weight is 406 g/mol. The fourth-order valence-corrected chi connectivity index (χ4v) is 5.92. The van der Waals surface area contributed by atoms with Gasteiger partial charge in [0.2, 0.25) is 0 Å². The van der Waals surface area contributed by atoms with Crippen molar-refractivity contribution in [2.24, 2.45) is 0 Å². The maximum Gasteiger partial charge on any atom is 0.198 e. The highest BCUT2D eigenvalue weighted by Gasteiger charge is 2.22. The predicted octanol–water partition coefficient (Wildman–Crippen LogP) is 5.17. The third kappa shape index (κ3) is 3.04. The van der Waals surface area contributed by atoms with Crippen LogP contribution < -0.4 is 0 Å². The zero-order valence-electron chi connectivity index (χ0n) is 15.3. The van der Waals surface area contributed by atoms with Gasteiger partial charge in [-0.25, -0.2) is 9.97 Å². The highest BCUT2D eigenvalue weighted by atomic mass is 32.2. The highest BCUT2D eigenvalue weighted by molar-refractivity contribution is 7.99. The molecule has 0 radical (unpaired) electrons. The molecule has 0 unspecified atom stereocenters. The molecule has 0 aliphatic heterocycles. The average Bonchev–Trinajstić information content (AvgIpc) is 3.31. The molecule has 0 spiro atoms. The third-order valence-electron chi connectivity index (χ3n) is 4.97. The van der Waals surface area contributed by atoms with Gasteiger partial charge in [0, 0.05) is 22.4 Å². The van der Waals surface area contributed by atoms with E-state index in [2.05, 4.69) is 43.4 Å². The van der Waals surface area contributed by atoms with Gasteiger partial charge in [0.1, 0.15) is 16.2 Å². The van der Waals surface area contributed by atoms with E-state index in [0.717, 1.165) is 39.2 Å². The summed E-state index contributed by atoms with van der Waals surface area (Å²) in [4.78, 5) is 11.7. The van der Waals surface area contributed by atoms with E-state index >= 15 is 0 Å². The normalized spacial score (nSPS) is 13.6. The van der Waals surface area contributed by atoms with Crippen LogP contribution in [-0.2, 0) is 19.4 Å². The lowest BCUT2D eigenvalue weighted by Gasteiger charge is -2.11. The zero-order chi connectivity index (χ0) is 18.9. The molecule has 1 aliphatic carbocycles. The van der Waals surface area contributed by atoms with Crippen LogP contribution in [0.2, 0.25) is 0 Å². The molecule has 28 heavy (non-hydrogen) atoms. The van der Waals surface area contributed by atoms with Crippen LogP contribution >= 0.6 is 23.1 Å². The number of allylic oxidation sites excluding steroid dienone is 1. The van der Waals surface area contributed by atoms with Crippen molar-refractivity contribution >= 4 is 33.3 Å². The number of fused-ring (bicyclic) bond motifs is 3. The van der Waals surface area contributed by atoms with Gasteiger partial charge >= 0.3 is 0 Å². The Morgan fingerprint density at radius 3 is 2.82 bits per heavy atom. The Morgan fingerprint density at radius 2 is 1.96 bits per heavy atom. The highest BCUT2D eigenvalue weighted by Crippen LogP contribution is 2.41. The molecule has 0 fully saturated rings. The van der Waals surface area contributed by atoms with Crippen LogP contribution in [0.4, 0.5) is 0 Å². The molecule has 1 aromatic carbocycles. The zero-order valence-corrected chi connectivity index (χ0v) is 17.0. The van der Waals surface area contributed by atoms with E-state index in [9.17, 15) is 0 Å². The first-order valence-electron chi connectivity index (χ1n) is 9.38. The molecule has 0 amide bonds. The van der Waals surface area contributed by atoms with E-state index in [-0.39, 0.29) is 0 Å². The summed E-state index contributed by atoms with van der Waals surface area (Å²) >= 11 is 3.39. The quantitative estimate of drug-likeness (QED) is 0.339. The van der Waals surface area contributed by atoms with Crippen molar-refractivity contribution in [2.45, 2.75) is 42.4 Å². The fourth-order valence-electron chi connectivity index (χ4n) is 3.68. The molecule has 3 aromatic heterocycles. The second kappa shape index (κ2) is 7.48. The van der Waals surface area contributed by atoms with E-state index in [1.54, 1.807) is 18.1 Å². The summed E-state index contributed by atoms with van der Waals surface area (Å²) in [6, 6.07) is 10.1. The van der Waals surface area contributed by atoms with Crippen molar-refractivity contribution in [3.8, 4) is 11.4 Å². The van der Waals surface area contributed by atoms with Gasteiger partial charge < -0.3 is 0 Å². The number of hydrogen-bond donors (Lipinski definition) is 0. The Hall–Kier alpha value is -2.51. The van der Waals surface area contributed by atoms with Crippen LogP contribution in [0, 0.1) is 0 Å². The number of aromatic nitrogens is 5. The van der Waals surface area contributed by atoms with Gasteiger partial charge in [0.15, 0.2) is 11.0 Å². The first kappa shape index (κ1) is 17.6. The van der Waals surface area contributed by atoms with Crippen molar-refractivity contribution in [1.29, 1.82) is 0 Å². The predicted molar refractivity (Wildman–Crippen MR) is 114 cm³/mol. The van der Waals surface area contributed by atoms with Gasteiger partial charge in [-0.15, -0.1) is 28.1 Å². The Labute approximate surface area is 171 Å². The molecule has 0 N–H and O–H groups in total. The third-order valence-corrected chi connectivity index (χ3v) is 7.15.